The maximum absolute atomic E-state index is 6.18. The van der Waals surface area contributed by atoms with E-state index in [1.807, 2.05) is 0 Å². The zero-order valence-electron chi connectivity index (χ0n) is 9.68. The van der Waals surface area contributed by atoms with Crippen molar-refractivity contribution in [1.82, 2.24) is 0 Å². The third-order valence-corrected chi connectivity index (χ3v) is 4.09. The summed E-state index contributed by atoms with van der Waals surface area (Å²) in [5.41, 5.74) is 6.31. The summed E-state index contributed by atoms with van der Waals surface area (Å²) in [4.78, 5) is 0. The monoisotopic (exact) mass is 197 g/mol. The van der Waals surface area contributed by atoms with Gasteiger partial charge in [0.05, 0.1) is 11.7 Å². The maximum Gasteiger partial charge on any atom is 0.0718 e. The van der Waals surface area contributed by atoms with Gasteiger partial charge in [0.1, 0.15) is 0 Å². The molecule has 0 unspecified atom stereocenters. The van der Waals surface area contributed by atoms with E-state index in [-0.39, 0.29) is 5.60 Å². The van der Waals surface area contributed by atoms with Crippen molar-refractivity contribution < 1.29 is 4.74 Å². The molecule has 0 bridgehead atoms. The van der Waals surface area contributed by atoms with Crippen molar-refractivity contribution in [1.29, 1.82) is 0 Å². The van der Waals surface area contributed by atoms with Gasteiger partial charge in [0, 0.05) is 6.54 Å². The molecule has 1 aliphatic heterocycles. The zero-order valence-corrected chi connectivity index (χ0v) is 9.68. The Labute approximate surface area is 87.2 Å². The fraction of sp³-hybridized carbons (Fsp3) is 1.00. The van der Waals surface area contributed by atoms with E-state index in [9.17, 15) is 0 Å². The lowest BCUT2D eigenvalue weighted by atomic mass is 9.87. The van der Waals surface area contributed by atoms with Gasteiger partial charge in [-0.3, -0.25) is 0 Å². The smallest absolute Gasteiger partial charge is 0.0718 e. The molecule has 0 radical (unpaired) electrons. The van der Waals surface area contributed by atoms with Gasteiger partial charge in [0.25, 0.3) is 0 Å². The van der Waals surface area contributed by atoms with Gasteiger partial charge >= 0.3 is 0 Å². The molecule has 82 valence electrons. The minimum atomic E-state index is 0.174. The Morgan fingerprint density at radius 3 is 2.57 bits per heavy atom. The third-order valence-electron chi connectivity index (χ3n) is 4.09. The normalized spacial score (nSPS) is 46.3. The van der Waals surface area contributed by atoms with Crippen LogP contribution in [0, 0.1) is 11.3 Å². The molecule has 0 aromatic heterocycles. The topological polar surface area (TPSA) is 35.2 Å². The van der Waals surface area contributed by atoms with Crippen LogP contribution in [0.5, 0.6) is 0 Å². The summed E-state index contributed by atoms with van der Waals surface area (Å²) in [6.07, 6.45) is 5.23. The van der Waals surface area contributed by atoms with Crippen LogP contribution in [-0.2, 0) is 4.74 Å². The molecule has 1 spiro atoms. The summed E-state index contributed by atoms with van der Waals surface area (Å²) in [7, 11) is 0. The number of nitrogens with two attached hydrogens (primary N) is 1. The lowest BCUT2D eigenvalue weighted by molar-refractivity contribution is -0.0615. The van der Waals surface area contributed by atoms with Crippen LogP contribution in [0.15, 0.2) is 0 Å². The van der Waals surface area contributed by atoms with E-state index in [0.717, 1.165) is 6.42 Å². The molecule has 2 N–H and O–H groups in total. The Morgan fingerprint density at radius 1 is 1.43 bits per heavy atom. The second-order valence-corrected chi connectivity index (χ2v) is 6.03. The molecular weight excluding hydrogens is 174 g/mol. The average Bonchev–Trinajstić information content (AvgIpc) is 2.56. The predicted octanol–water partition coefficient (Wildman–Crippen LogP) is 2.32. The summed E-state index contributed by atoms with van der Waals surface area (Å²) in [6, 6.07) is 0. The van der Waals surface area contributed by atoms with Crippen LogP contribution in [0.25, 0.3) is 0 Å². The molecule has 1 aliphatic carbocycles. The van der Waals surface area contributed by atoms with Gasteiger partial charge in [0.2, 0.25) is 0 Å². The number of hydrogen-bond donors (Lipinski definition) is 1. The molecular formula is C12H23NO. The highest BCUT2D eigenvalue weighted by Crippen LogP contribution is 2.54. The Bertz CT molecular complexity index is 226. The van der Waals surface area contributed by atoms with E-state index in [2.05, 4.69) is 20.8 Å². The zero-order chi connectivity index (χ0) is 10.4. The summed E-state index contributed by atoms with van der Waals surface area (Å²) in [6.45, 7) is 7.75. The van der Waals surface area contributed by atoms with Gasteiger partial charge in [-0.05, 0) is 37.0 Å². The number of ether oxygens (including phenoxy) is 1. The average molecular weight is 197 g/mol. The van der Waals surface area contributed by atoms with Crippen LogP contribution in [0.4, 0.5) is 0 Å². The molecule has 2 rings (SSSR count). The minimum absolute atomic E-state index is 0.174. The van der Waals surface area contributed by atoms with Crippen molar-refractivity contribution in [3.8, 4) is 0 Å². The van der Waals surface area contributed by atoms with Gasteiger partial charge in [-0.2, -0.15) is 0 Å². The van der Waals surface area contributed by atoms with E-state index >= 15 is 0 Å². The quantitative estimate of drug-likeness (QED) is 0.700. The Morgan fingerprint density at radius 2 is 2.14 bits per heavy atom. The van der Waals surface area contributed by atoms with Gasteiger partial charge in [-0.1, -0.05) is 20.8 Å². The van der Waals surface area contributed by atoms with Crippen LogP contribution < -0.4 is 5.73 Å². The molecule has 1 saturated heterocycles. The first-order valence-corrected chi connectivity index (χ1v) is 5.85. The van der Waals surface area contributed by atoms with Crippen molar-refractivity contribution in [2.24, 2.45) is 17.1 Å². The van der Waals surface area contributed by atoms with Crippen molar-refractivity contribution in [2.75, 3.05) is 6.54 Å². The van der Waals surface area contributed by atoms with Crippen LogP contribution in [0.3, 0.4) is 0 Å². The van der Waals surface area contributed by atoms with Crippen LogP contribution in [0.2, 0.25) is 0 Å². The molecule has 14 heavy (non-hydrogen) atoms. The second kappa shape index (κ2) is 3.21. The highest BCUT2D eigenvalue weighted by molar-refractivity contribution is 5.03. The van der Waals surface area contributed by atoms with Crippen molar-refractivity contribution in [3.05, 3.63) is 0 Å². The minimum Gasteiger partial charge on any atom is -0.370 e. The lowest BCUT2D eigenvalue weighted by Gasteiger charge is -2.29. The largest absolute Gasteiger partial charge is 0.370 e. The highest BCUT2D eigenvalue weighted by Gasteiger charge is 2.52. The van der Waals surface area contributed by atoms with E-state index in [1.165, 1.54) is 19.3 Å². The van der Waals surface area contributed by atoms with Crippen molar-refractivity contribution in [2.45, 2.75) is 58.2 Å². The Hall–Kier alpha value is -0.0800. The van der Waals surface area contributed by atoms with Gasteiger partial charge in [-0.25, -0.2) is 0 Å². The van der Waals surface area contributed by atoms with E-state index < -0.39 is 0 Å². The van der Waals surface area contributed by atoms with Gasteiger partial charge < -0.3 is 10.5 Å². The Balaban J connectivity index is 2.11. The van der Waals surface area contributed by atoms with Crippen molar-refractivity contribution >= 4 is 0 Å². The van der Waals surface area contributed by atoms with Crippen LogP contribution in [0.1, 0.15) is 46.5 Å². The molecule has 2 heteroatoms. The fourth-order valence-corrected chi connectivity index (χ4v) is 3.58. The van der Waals surface area contributed by atoms with Gasteiger partial charge in [0.15, 0.2) is 0 Å². The third kappa shape index (κ3) is 1.59. The van der Waals surface area contributed by atoms with Crippen molar-refractivity contribution in [3.63, 3.8) is 0 Å². The number of hydrogen-bond acceptors (Lipinski definition) is 2. The summed E-state index contributed by atoms with van der Waals surface area (Å²) >= 11 is 0. The standard InChI is InChI=1S/C12H23NO/c1-9-6-11(2,3)8-12(9)5-4-10(7-13)14-12/h9-10H,4-8,13H2,1-3H3/t9-,10+,12-/m1/s1. The molecule has 2 nitrogen and oxygen atoms in total. The number of rotatable bonds is 1. The maximum atomic E-state index is 6.18. The molecule has 1 heterocycles. The molecule has 3 atom stereocenters. The molecule has 1 saturated carbocycles. The SMILES string of the molecule is C[C@@H]1CC(C)(C)C[C@]12CC[C@@H](CN)O2. The summed E-state index contributed by atoms with van der Waals surface area (Å²) < 4.78 is 6.18. The Kier molecular flexibility index (Phi) is 2.39. The van der Waals surface area contributed by atoms with E-state index in [0.29, 0.717) is 24.0 Å². The molecule has 2 aliphatic rings. The second-order valence-electron chi connectivity index (χ2n) is 6.03. The van der Waals surface area contributed by atoms with E-state index in [1.54, 1.807) is 0 Å². The van der Waals surface area contributed by atoms with Gasteiger partial charge in [-0.15, -0.1) is 0 Å². The highest BCUT2D eigenvalue weighted by atomic mass is 16.5. The molecule has 0 aromatic carbocycles. The summed E-state index contributed by atoms with van der Waals surface area (Å²) in [5.74, 6) is 0.703. The van der Waals surface area contributed by atoms with Crippen LogP contribution in [-0.4, -0.2) is 18.2 Å². The molecule has 2 fully saturated rings. The molecule has 0 aromatic rings. The predicted molar refractivity (Wildman–Crippen MR) is 58.1 cm³/mol. The summed E-state index contributed by atoms with van der Waals surface area (Å²) in [5, 5.41) is 0. The first kappa shape index (κ1) is 10.4. The van der Waals surface area contributed by atoms with Crippen LogP contribution >= 0.6 is 0 Å². The van der Waals surface area contributed by atoms with E-state index in [4.69, 9.17) is 10.5 Å². The first-order chi connectivity index (χ1) is 6.47. The molecule has 0 amide bonds. The fourth-order valence-electron chi connectivity index (χ4n) is 3.58. The first-order valence-electron chi connectivity index (χ1n) is 5.85. The lowest BCUT2D eigenvalue weighted by Crippen LogP contribution is -2.34.